The Morgan fingerprint density at radius 1 is 0.974 bits per heavy atom. The second-order valence-corrected chi connectivity index (χ2v) is 9.82. The number of ether oxygens (including phenoxy) is 1. The fraction of sp³-hybridized carbons (Fsp3) is 0.219. The Balaban J connectivity index is 1.10. The molecule has 196 valence electrons. The Kier molecular flexibility index (Phi) is 6.95. The average molecular weight is 518 g/mol. The van der Waals surface area contributed by atoms with Gasteiger partial charge in [0.2, 0.25) is 0 Å². The van der Waals surface area contributed by atoms with E-state index in [1.807, 2.05) is 66.9 Å². The van der Waals surface area contributed by atoms with Gasteiger partial charge in [-0.05, 0) is 78.6 Å². The first-order valence-corrected chi connectivity index (χ1v) is 13.3. The van der Waals surface area contributed by atoms with Gasteiger partial charge in [0.15, 0.2) is 12.4 Å². The van der Waals surface area contributed by atoms with E-state index in [1.54, 1.807) is 13.2 Å². The van der Waals surface area contributed by atoms with Crippen LogP contribution in [-0.2, 0) is 0 Å². The highest BCUT2D eigenvalue weighted by atomic mass is 16.5. The number of fused-ring (bicyclic) bond motifs is 1. The zero-order chi connectivity index (χ0) is 26.6. The van der Waals surface area contributed by atoms with Gasteiger partial charge in [-0.25, -0.2) is 0 Å². The number of aromatic nitrogens is 1. The Hall–Kier alpha value is -4.65. The van der Waals surface area contributed by atoms with Crippen molar-refractivity contribution < 1.29 is 9.53 Å². The lowest BCUT2D eigenvalue weighted by atomic mass is 9.99. The number of carbonyl (C=O) groups excluding carboxylic acids is 1. The molecular weight excluding hydrogens is 486 g/mol. The van der Waals surface area contributed by atoms with E-state index in [0.29, 0.717) is 11.3 Å². The maximum Gasteiger partial charge on any atom is 0.200 e. The van der Waals surface area contributed by atoms with Crippen LogP contribution in [0.3, 0.4) is 0 Å². The van der Waals surface area contributed by atoms with E-state index < -0.39 is 0 Å². The first-order chi connectivity index (χ1) is 19.2. The van der Waals surface area contributed by atoms with Crippen molar-refractivity contribution in [3.8, 4) is 16.9 Å². The van der Waals surface area contributed by atoms with Crippen LogP contribution in [-0.4, -0.2) is 43.3 Å². The van der Waals surface area contributed by atoms with Crippen molar-refractivity contribution in [2.75, 3.05) is 37.0 Å². The molecule has 2 aliphatic rings. The number of amidine groups is 1. The molecule has 7 nitrogen and oxygen atoms in total. The van der Waals surface area contributed by atoms with Gasteiger partial charge in [-0.3, -0.25) is 14.8 Å². The molecule has 3 aromatic carbocycles. The van der Waals surface area contributed by atoms with Crippen LogP contribution in [0.5, 0.6) is 5.75 Å². The standard InChI is InChI=1S/C32H31N5O2/c1-33-32-28-19-24(10-15-29(28)35-31(36-32)25-5-4-16-34-20-25)22-8-13-27(14-9-22)39-21-30(38)23-6-11-26(12-7-23)37-17-2-3-18-37/h4-16,19-20,31,35H,2-3,17-18,21H2,1H3,(H,33,36)/t31-/m0/s1. The van der Waals surface area contributed by atoms with Crippen molar-refractivity contribution in [2.45, 2.75) is 19.0 Å². The smallest absolute Gasteiger partial charge is 0.200 e. The van der Waals surface area contributed by atoms with Crippen LogP contribution in [0.1, 0.15) is 40.5 Å². The van der Waals surface area contributed by atoms with E-state index in [-0.39, 0.29) is 18.6 Å². The zero-order valence-electron chi connectivity index (χ0n) is 21.9. The van der Waals surface area contributed by atoms with Crippen LogP contribution < -0.4 is 20.3 Å². The molecule has 4 aromatic rings. The van der Waals surface area contributed by atoms with Gasteiger partial charge in [0.25, 0.3) is 0 Å². The summed E-state index contributed by atoms with van der Waals surface area (Å²) in [5, 5.41) is 7.00. The van der Waals surface area contributed by atoms with E-state index in [9.17, 15) is 4.79 Å². The third-order valence-electron chi connectivity index (χ3n) is 7.32. The molecule has 0 saturated carbocycles. The predicted molar refractivity (Wildman–Crippen MR) is 156 cm³/mol. The summed E-state index contributed by atoms with van der Waals surface area (Å²) < 4.78 is 5.82. The van der Waals surface area contributed by atoms with Crippen molar-refractivity contribution >= 4 is 23.0 Å². The number of nitrogens with one attached hydrogen (secondary N) is 2. The van der Waals surface area contributed by atoms with Gasteiger partial charge in [0, 0.05) is 60.6 Å². The Morgan fingerprint density at radius 2 is 1.74 bits per heavy atom. The predicted octanol–water partition coefficient (Wildman–Crippen LogP) is 5.70. The number of ketones is 1. The monoisotopic (exact) mass is 517 g/mol. The van der Waals surface area contributed by atoms with Crippen molar-refractivity contribution in [1.29, 1.82) is 0 Å². The minimum Gasteiger partial charge on any atom is -0.485 e. The molecular formula is C32H31N5O2. The lowest BCUT2D eigenvalue weighted by Gasteiger charge is -2.30. The van der Waals surface area contributed by atoms with Crippen molar-refractivity contribution in [3.63, 3.8) is 0 Å². The molecule has 0 aliphatic carbocycles. The number of carbonyl (C=O) groups is 1. The van der Waals surface area contributed by atoms with Gasteiger partial charge >= 0.3 is 0 Å². The Labute approximate surface area is 228 Å². The molecule has 0 radical (unpaired) electrons. The molecule has 2 aliphatic heterocycles. The number of nitrogens with zero attached hydrogens (tertiary/aromatic N) is 3. The normalized spacial score (nSPS) is 17.3. The summed E-state index contributed by atoms with van der Waals surface area (Å²) in [4.78, 5) is 23.8. The summed E-state index contributed by atoms with van der Waals surface area (Å²) in [7, 11) is 1.79. The number of rotatable bonds is 7. The van der Waals surface area contributed by atoms with E-state index in [2.05, 4.69) is 43.7 Å². The second-order valence-electron chi connectivity index (χ2n) is 9.82. The number of hydrogen-bond acceptors (Lipinski definition) is 6. The number of hydrogen-bond donors (Lipinski definition) is 2. The first kappa shape index (κ1) is 24.7. The summed E-state index contributed by atoms with van der Waals surface area (Å²) in [5.74, 6) is 1.46. The summed E-state index contributed by atoms with van der Waals surface area (Å²) in [6, 6.07) is 26.0. The zero-order valence-corrected chi connectivity index (χ0v) is 21.9. The number of anilines is 2. The SMILES string of the molecule is CN=C1N[C@@H](c2cccnc2)Nc2ccc(-c3ccc(OCC(=O)c4ccc(N5CCCC5)cc4)cc3)cc21. The molecule has 0 unspecified atom stereocenters. The van der Waals surface area contributed by atoms with Gasteiger partial charge in [-0.1, -0.05) is 24.3 Å². The minimum absolute atomic E-state index is 0.00696. The van der Waals surface area contributed by atoms with E-state index in [1.165, 1.54) is 18.5 Å². The van der Waals surface area contributed by atoms with E-state index in [0.717, 1.165) is 46.9 Å². The summed E-state index contributed by atoms with van der Waals surface area (Å²) in [6.45, 7) is 2.18. The summed E-state index contributed by atoms with van der Waals surface area (Å²) in [5.41, 5.74) is 7.04. The number of benzene rings is 3. The van der Waals surface area contributed by atoms with Crippen LogP contribution in [0.15, 0.2) is 96.2 Å². The fourth-order valence-electron chi connectivity index (χ4n) is 5.16. The second kappa shape index (κ2) is 11.0. The first-order valence-electron chi connectivity index (χ1n) is 13.3. The van der Waals surface area contributed by atoms with Crippen LogP contribution in [0.25, 0.3) is 11.1 Å². The number of Topliss-reactive ketones (excluding diaryl/α,β-unsaturated/α-hetero) is 1. The van der Waals surface area contributed by atoms with Gasteiger partial charge in [0.1, 0.15) is 17.8 Å². The van der Waals surface area contributed by atoms with Crippen molar-refractivity contribution in [3.05, 3.63) is 108 Å². The third kappa shape index (κ3) is 5.34. The number of pyridine rings is 1. The fourth-order valence-corrected chi connectivity index (χ4v) is 5.16. The molecule has 39 heavy (non-hydrogen) atoms. The highest BCUT2D eigenvalue weighted by Crippen LogP contribution is 2.31. The largest absolute Gasteiger partial charge is 0.485 e. The highest BCUT2D eigenvalue weighted by Gasteiger charge is 2.23. The van der Waals surface area contributed by atoms with Crippen LogP contribution in [0, 0.1) is 0 Å². The molecule has 2 N–H and O–H groups in total. The van der Waals surface area contributed by atoms with E-state index >= 15 is 0 Å². The Morgan fingerprint density at radius 3 is 2.46 bits per heavy atom. The molecule has 0 bridgehead atoms. The lowest BCUT2D eigenvalue weighted by Crippen LogP contribution is -2.39. The van der Waals surface area contributed by atoms with Gasteiger partial charge in [-0.2, -0.15) is 0 Å². The molecule has 0 spiro atoms. The molecule has 1 fully saturated rings. The van der Waals surface area contributed by atoms with Gasteiger partial charge < -0.3 is 20.3 Å². The van der Waals surface area contributed by atoms with Crippen LogP contribution >= 0.6 is 0 Å². The maximum absolute atomic E-state index is 12.7. The molecule has 0 amide bonds. The molecule has 6 rings (SSSR count). The minimum atomic E-state index is -0.0992. The topological polar surface area (TPSA) is 78.9 Å². The Bertz CT molecular complexity index is 1480. The summed E-state index contributed by atoms with van der Waals surface area (Å²) >= 11 is 0. The average Bonchev–Trinajstić information content (AvgIpc) is 3.55. The van der Waals surface area contributed by atoms with Crippen LogP contribution in [0.2, 0.25) is 0 Å². The molecule has 7 heteroatoms. The highest BCUT2D eigenvalue weighted by molar-refractivity contribution is 6.06. The van der Waals surface area contributed by atoms with Gasteiger partial charge in [0.05, 0.1) is 0 Å². The molecule has 3 heterocycles. The van der Waals surface area contributed by atoms with Gasteiger partial charge in [-0.15, -0.1) is 0 Å². The number of aliphatic imine (C=N–C) groups is 1. The van der Waals surface area contributed by atoms with Crippen LogP contribution in [0.4, 0.5) is 11.4 Å². The van der Waals surface area contributed by atoms with Crippen molar-refractivity contribution in [1.82, 2.24) is 10.3 Å². The van der Waals surface area contributed by atoms with Crippen molar-refractivity contribution in [2.24, 2.45) is 4.99 Å². The molecule has 1 atom stereocenters. The maximum atomic E-state index is 12.7. The molecule has 1 saturated heterocycles. The summed E-state index contributed by atoms with van der Waals surface area (Å²) in [6.07, 6.45) is 5.98. The van der Waals surface area contributed by atoms with E-state index in [4.69, 9.17) is 4.74 Å². The molecule has 1 aromatic heterocycles. The third-order valence-corrected chi connectivity index (χ3v) is 7.32. The lowest BCUT2D eigenvalue weighted by molar-refractivity contribution is 0.0921. The quantitative estimate of drug-likeness (QED) is 0.306.